The largest absolute Gasteiger partial charge is 0.370 e. The first-order chi connectivity index (χ1) is 9.13. The molecule has 1 aromatic carbocycles. The Balaban J connectivity index is 1.87. The van der Waals surface area contributed by atoms with Crippen LogP contribution in [0.4, 0.5) is 0 Å². The van der Waals surface area contributed by atoms with Gasteiger partial charge in [0.2, 0.25) is 0 Å². The molecule has 1 atom stereocenters. The monoisotopic (exact) mass is 275 g/mol. The van der Waals surface area contributed by atoms with Crippen molar-refractivity contribution in [2.45, 2.75) is 30.2 Å². The molecule has 3 nitrogen and oxygen atoms in total. The summed E-state index contributed by atoms with van der Waals surface area (Å²) in [6, 6.07) is 8.82. The minimum atomic E-state index is -0.0659. The lowest BCUT2D eigenvalue weighted by molar-refractivity contribution is 0.217. The predicted octanol–water partition coefficient (Wildman–Crippen LogP) is 2.66. The van der Waals surface area contributed by atoms with E-state index in [1.807, 2.05) is 0 Å². The number of nitrogens with zero attached hydrogens (tertiary/aromatic N) is 2. The summed E-state index contributed by atoms with van der Waals surface area (Å²) in [6.07, 6.45) is 4.78. The number of hydrogen-bond acceptors (Lipinski definition) is 4. The number of thioether (sulfide) groups is 1. The highest BCUT2D eigenvalue weighted by Gasteiger charge is 2.41. The summed E-state index contributed by atoms with van der Waals surface area (Å²) < 4.78 is 0. The molecule has 1 unspecified atom stereocenters. The van der Waals surface area contributed by atoms with E-state index in [0.717, 1.165) is 19.0 Å². The van der Waals surface area contributed by atoms with Crippen molar-refractivity contribution in [2.24, 2.45) is 16.6 Å². The summed E-state index contributed by atoms with van der Waals surface area (Å²) in [6.45, 7) is 4.08. The van der Waals surface area contributed by atoms with Crippen LogP contribution in [0.25, 0.3) is 0 Å². The maximum atomic E-state index is 6.10. The van der Waals surface area contributed by atoms with Gasteiger partial charge < -0.3 is 10.6 Å². The zero-order valence-corrected chi connectivity index (χ0v) is 12.4. The fraction of sp³-hybridized carbons (Fsp3) is 0.533. The Hall–Kier alpha value is -1.16. The smallest absolute Gasteiger partial charge is 0.192 e. The van der Waals surface area contributed by atoms with Gasteiger partial charge in [-0.15, -0.1) is 11.8 Å². The van der Waals surface area contributed by atoms with Crippen molar-refractivity contribution in [2.75, 3.05) is 19.3 Å². The van der Waals surface area contributed by atoms with E-state index in [-0.39, 0.29) is 5.54 Å². The van der Waals surface area contributed by atoms with Gasteiger partial charge in [0.15, 0.2) is 5.96 Å². The highest BCUT2D eigenvalue weighted by Crippen LogP contribution is 2.38. The third kappa shape index (κ3) is 2.34. The molecule has 1 heterocycles. The molecule has 1 aromatic rings. The molecule has 0 saturated heterocycles. The second-order valence-corrected chi connectivity index (χ2v) is 6.61. The quantitative estimate of drug-likeness (QED) is 0.859. The molecule has 0 spiro atoms. The van der Waals surface area contributed by atoms with E-state index in [2.05, 4.69) is 47.3 Å². The lowest BCUT2D eigenvalue weighted by Gasteiger charge is -2.37. The molecule has 0 radical (unpaired) electrons. The Morgan fingerprint density at radius 1 is 1.37 bits per heavy atom. The summed E-state index contributed by atoms with van der Waals surface area (Å²) in [5, 5.41) is 0. The van der Waals surface area contributed by atoms with Crippen molar-refractivity contribution in [3.05, 3.63) is 29.8 Å². The molecule has 2 N–H and O–H groups in total. The minimum Gasteiger partial charge on any atom is -0.370 e. The SMILES string of the molecule is CSc1ccc(C2(C)CN=C(N)N2CC2CC2)cc1. The highest BCUT2D eigenvalue weighted by atomic mass is 32.2. The maximum absolute atomic E-state index is 6.10. The number of benzene rings is 1. The molecular weight excluding hydrogens is 254 g/mol. The summed E-state index contributed by atoms with van der Waals surface area (Å²) in [7, 11) is 0. The van der Waals surface area contributed by atoms with Gasteiger partial charge in [0, 0.05) is 11.4 Å². The van der Waals surface area contributed by atoms with E-state index >= 15 is 0 Å². The standard InChI is InChI=1S/C15H21N3S/c1-15(12-5-7-13(19-2)8-6-12)10-17-14(16)18(15)9-11-3-4-11/h5-8,11H,3-4,9-10H2,1-2H3,(H2,16,17). The molecule has 1 aliphatic heterocycles. The fourth-order valence-electron chi connectivity index (χ4n) is 2.71. The Kier molecular flexibility index (Phi) is 3.21. The normalized spacial score (nSPS) is 26.6. The topological polar surface area (TPSA) is 41.6 Å². The van der Waals surface area contributed by atoms with Crippen LogP contribution in [0.1, 0.15) is 25.3 Å². The fourth-order valence-corrected chi connectivity index (χ4v) is 3.12. The van der Waals surface area contributed by atoms with Crippen LogP contribution in [0.15, 0.2) is 34.2 Å². The van der Waals surface area contributed by atoms with Crippen molar-refractivity contribution in [3.63, 3.8) is 0 Å². The zero-order valence-electron chi connectivity index (χ0n) is 11.6. The van der Waals surface area contributed by atoms with Crippen LogP contribution in [0.2, 0.25) is 0 Å². The van der Waals surface area contributed by atoms with E-state index in [1.54, 1.807) is 11.8 Å². The van der Waals surface area contributed by atoms with Crippen LogP contribution >= 0.6 is 11.8 Å². The van der Waals surface area contributed by atoms with Crippen LogP contribution in [-0.2, 0) is 5.54 Å². The van der Waals surface area contributed by atoms with Crippen molar-refractivity contribution in [1.29, 1.82) is 0 Å². The maximum Gasteiger partial charge on any atom is 0.192 e. The number of aliphatic imine (C=N–C) groups is 1. The molecule has 102 valence electrons. The molecule has 0 bridgehead atoms. The third-order valence-electron chi connectivity index (χ3n) is 4.27. The van der Waals surface area contributed by atoms with E-state index in [4.69, 9.17) is 5.73 Å². The highest BCUT2D eigenvalue weighted by molar-refractivity contribution is 7.98. The summed E-state index contributed by atoms with van der Waals surface area (Å²) in [5.74, 6) is 1.53. The predicted molar refractivity (Wildman–Crippen MR) is 81.5 cm³/mol. The van der Waals surface area contributed by atoms with Crippen molar-refractivity contribution < 1.29 is 0 Å². The molecule has 4 heteroatoms. The molecule has 1 aliphatic carbocycles. The molecular formula is C15H21N3S. The number of rotatable bonds is 4. The Bertz CT molecular complexity index is 493. The second-order valence-electron chi connectivity index (χ2n) is 5.73. The van der Waals surface area contributed by atoms with Crippen molar-refractivity contribution in [3.8, 4) is 0 Å². The first kappa shape index (κ1) is 12.9. The summed E-state index contributed by atoms with van der Waals surface area (Å²) in [4.78, 5) is 8.09. The number of hydrogen-bond donors (Lipinski definition) is 1. The molecule has 19 heavy (non-hydrogen) atoms. The average molecular weight is 275 g/mol. The lowest BCUT2D eigenvalue weighted by atomic mass is 9.91. The van der Waals surface area contributed by atoms with Crippen LogP contribution in [0.3, 0.4) is 0 Å². The molecule has 0 aromatic heterocycles. The van der Waals surface area contributed by atoms with E-state index in [9.17, 15) is 0 Å². The van der Waals surface area contributed by atoms with Gasteiger partial charge in [-0.1, -0.05) is 12.1 Å². The van der Waals surface area contributed by atoms with Crippen LogP contribution in [-0.4, -0.2) is 30.2 Å². The number of nitrogens with two attached hydrogens (primary N) is 1. The Morgan fingerprint density at radius 2 is 2.05 bits per heavy atom. The zero-order chi connectivity index (χ0) is 13.5. The van der Waals surface area contributed by atoms with Gasteiger partial charge in [0.05, 0.1) is 12.1 Å². The first-order valence-electron chi connectivity index (χ1n) is 6.85. The molecule has 3 rings (SSSR count). The van der Waals surface area contributed by atoms with E-state index < -0.39 is 0 Å². The Morgan fingerprint density at radius 3 is 2.63 bits per heavy atom. The van der Waals surface area contributed by atoms with Gasteiger partial charge in [0.1, 0.15) is 0 Å². The van der Waals surface area contributed by atoms with Gasteiger partial charge in [0.25, 0.3) is 0 Å². The third-order valence-corrected chi connectivity index (χ3v) is 5.01. The van der Waals surface area contributed by atoms with E-state index in [0.29, 0.717) is 5.96 Å². The van der Waals surface area contributed by atoms with Gasteiger partial charge in [-0.25, -0.2) is 0 Å². The molecule has 0 amide bonds. The number of guanidine groups is 1. The Labute approximate surface area is 119 Å². The first-order valence-corrected chi connectivity index (χ1v) is 8.08. The van der Waals surface area contributed by atoms with E-state index in [1.165, 1.54) is 23.3 Å². The van der Waals surface area contributed by atoms with Crippen LogP contribution in [0, 0.1) is 5.92 Å². The van der Waals surface area contributed by atoms with Gasteiger partial charge >= 0.3 is 0 Å². The minimum absolute atomic E-state index is 0.0659. The lowest BCUT2D eigenvalue weighted by Crippen LogP contribution is -2.48. The average Bonchev–Trinajstić information content (AvgIpc) is 3.21. The van der Waals surface area contributed by atoms with Gasteiger partial charge in [-0.05, 0) is 49.6 Å². The van der Waals surface area contributed by atoms with Gasteiger partial charge in [-0.3, -0.25) is 4.99 Å². The van der Waals surface area contributed by atoms with Crippen LogP contribution < -0.4 is 5.73 Å². The van der Waals surface area contributed by atoms with Crippen molar-refractivity contribution in [1.82, 2.24) is 4.90 Å². The summed E-state index contributed by atoms with van der Waals surface area (Å²) >= 11 is 1.77. The van der Waals surface area contributed by atoms with Crippen molar-refractivity contribution >= 4 is 17.7 Å². The molecule has 1 fully saturated rings. The summed E-state index contributed by atoms with van der Waals surface area (Å²) in [5.41, 5.74) is 7.34. The van der Waals surface area contributed by atoms with Crippen LogP contribution in [0.5, 0.6) is 0 Å². The molecule has 2 aliphatic rings. The second kappa shape index (κ2) is 4.75. The molecule has 1 saturated carbocycles. The van der Waals surface area contributed by atoms with Gasteiger partial charge in [-0.2, -0.15) is 0 Å².